The van der Waals surface area contributed by atoms with E-state index >= 15 is 0 Å². The van der Waals surface area contributed by atoms with Crippen LogP contribution in [0, 0.1) is 0 Å². The van der Waals surface area contributed by atoms with Crippen molar-refractivity contribution in [2.45, 2.75) is 50.5 Å². The number of carbonyl (C=O) groups excluding carboxylic acids is 1. The Morgan fingerprint density at radius 1 is 1.18 bits per heavy atom. The summed E-state index contributed by atoms with van der Waals surface area (Å²) in [6.45, 7) is 0.888. The predicted octanol–water partition coefficient (Wildman–Crippen LogP) is 4.17. The lowest BCUT2D eigenvalue weighted by Gasteiger charge is -2.33. The van der Waals surface area contributed by atoms with Crippen molar-refractivity contribution in [2.75, 3.05) is 0 Å². The number of alkyl halides is 2. The Hall–Kier alpha value is -3.26. The van der Waals surface area contributed by atoms with Crippen molar-refractivity contribution in [3.63, 3.8) is 0 Å². The quantitative estimate of drug-likeness (QED) is 0.630. The van der Waals surface area contributed by atoms with E-state index in [1.165, 1.54) is 0 Å². The molecule has 6 nitrogen and oxygen atoms in total. The number of hydrogen-bond acceptors (Lipinski definition) is 4. The van der Waals surface area contributed by atoms with E-state index in [-0.39, 0.29) is 18.7 Å². The molecule has 33 heavy (non-hydrogen) atoms. The maximum Gasteiger partial charge on any atom is 0.258 e. The van der Waals surface area contributed by atoms with Gasteiger partial charge in [-0.3, -0.25) is 9.48 Å². The SMILES string of the molecule is Cn1cc(-c2ccc(CN3Cc4cccc(O[C@H]5CCC(F)(F)C[C@@H]5O)c4C3=O)cc2)cn1. The third-order valence-corrected chi connectivity index (χ3v) is 6.35. The van der Waals surface area contributed by atoms with Gasteiger partial charge in [-0.05, 0) is 29.2 Å². The van der Waals surface area contributed by atoms with Gasteiger partial charge in [0.05, 0.1) is 17.9 Å². The number of benzene rings is 2. The molecule has 0 unspecified atom stereocenters. The van der Waals surface area contributed by atoms with Crippen LogP contribution in [0.3, 0.4) is 0 Å². The van der Waals surface area contributed by atoms with Crippen LogP contribution in [0.2, 0.25) is 0 Å². The van der Waals surface area contributed by atoms with Gasteiger partial charge in [0.25, 0.3) is 11.8 Å². The molecule has 5 rings (SSSR count). The molecular formula is C25H25F2N3O3. The first-order valence-corrected chi connectivity index (χ1v) is 11.0. The van der Waals surface area contributed by atoms with Crippen LogP contribution >= 0.6 is 0 Å². The van der Waals surface area contributed by atoms with E-state index < -0.39 is 24.6 Å². The van der Waals surface area contributed by atoms with Crippen LogP contribution in [0.25, 0.3) is 11.1 Å². The first-order valence-electron chi connectivity index (χ1n) is 11.0. The summed E-state index contributed by atoms with van der Waals surface area (Å²) < 4.78 is 34.7. The number of amides is 1. The summed E-state index contributed by atoms with van der Waals surface area (Å²) >= 11 is 0. The Morgan fingerprint density at radius 2 is 1.97 bits per heavy atom. The first kappa shape index (κ1) is 21.6. The zero-order valence-electron chi connectivity index (χ0n) is 18.2. The smallest absolute Gasteiger partial charge is 0.258 e. The normalized spacial score (nSPS) is 21.8. The number of aliphatic hydroxyl groups excluding tert-OH is 1. The predicted molar refractivity (Wildman–Crippen MR) is 118 cm³/mol. The van der Waals surface area contributed by atoms with Crippen LogP contribution in [0.1, 0.15) is 40.7 Å². The topological polar surface area (TPSA) is 67.6 Å². The first-order chi connectivity index (χ1) is 15.8. The largest absolute Gasteiger partial charge is 0.487 e. The highest BCUT2D eigenvalue weighted by molar-refractivity contribution is 6.01. The van der Waals surface area contributed by atoms with Gasteiger partial charge in [0, 0.05) is 44.7 Å². The van der Waals surface area contributed by atoms with E-state index in [1.54, 1.807) is 21.7 Å². The van der Waals surface area contributed by atoms with Gasteiger partial charge in [0.2, 0.25) is 0 Å². The summed E-state index contributed by atoms with van der Waals surface area (Å²) in [4.78, 5) is 14.9. The fourth-order valence-electron chi connectivity index (χ4n) is 4.59. The molecule has 1 fully saturated rings. The molecule has 1 aliphatic heterocycles. The number of halogens is 2. The molecule has 2 aromatic carbocycles. The highest BCUT2D eigenvalue weighted by Gasteiger charge is 2.42. The number of aliphatic hydroxyl groups is 1. The van der Waals surface area contributed by atoms with Crippen molar-refractivity contribution in [3.8, 4) is 16.9 Å². The average Bonchev–Trinajstić information content (AvgIpc) is 3.34. The molecule has 2 aliphatic rings. The molecular weight excluding hydrogens is 428 g/mol. The number of rotatable bonds is 5. The average molecular weight is 453 g/mol. The lowest BCUT2D eigenvalue weighted by atomic mass is 9.91. The summed E-state index contributed by atoms with van der Waals surface area (Å²) in [6, 6.07) is 13.3. The molecule has 0 radical (unpaired) electrons. The zero-order valence-corrected chi connectivity index (χ0v) is 18.2. The molecule has 8 heteroatoms. The molecule has 172 valence electrons. The van der Waals surface area contributed by atoms with Crippen LogP contribution in [0.5, 0.6) is 5.75 Å². The number of fused-ring (bicyclic) bond motifs is 1. The minimum absolute atomic E-state index is 0.0407. The van der Waals surface area contributed by atoms with E-state index in [9.17, 15) is 18.7 Å². The molecule has 1 aromatic heterocycles. The van der Waals surface area contributed by atoms with E-state index in [2.05, 4.69) is 5.10 Å². The Kier molecular flexibility index (Phi) is 5.40. The second-order valence-electron chi connectivity index (χ2n) is 8.87. The van der Waals surface area contributed by atoms with Crippen molar-refractivity contribution >= 4 is 5.91 Å². The molecule has 0 saturated heterocycles. The fourth-order valence-corrected chi connectivity index (χ4v) is 4.59. The van der Waals surface area contributed by atoms with Crippen LogP contribution in [-0.4, -0.2) is 43.8 Å². The number of hydrogen-bond donors (Lipinski definition) is 1. The van der Waals surface area contributed by atoms with Crippen molar-refractivity contribution in [1.29, 1.82) is 0 Å². The highest BCUT2D eigenvalue weighted by Crippen LogP contribution is 2.38. The van der Waals surface area contributed by atoms with Gasteiger partial charge in [0.15, 0.2) is 0 Å². The number of aryl methyl sites for hydroxylation is 1. The van der Waals surface area contributed by atoms with E-state index in [0.29, 0.717) is 24.4 Å². The third-order valence-electron chi connectivity index (χ3n) is 6.35. The van der Waals surface area contributed by atoms with Crippen LogP contribution in [-0.2, 0) is 20.1 Å². The Morgan fingerprint density at radius 3 is 2.67 bits per heavy atom. The molecule has 3 aromatic rings. The summed E-state index contributed by atoms with van der Waals surface area (Å²) in [5.74, 6) is -2.69. The molecule has 1 aliphatic carbocycles. The van der Waals surface area contributed by atoms with Crippen molar-refractivity contribution in [1.82, 2.24) is 14.7 Å². The Labute approximate surface area is 190 Å². The molecule has 1 amide bonds. The van der Waals surface area contributed by atoms with Crippen molar-refractivity contribution in [2.24, 2.45) is 7.05 Å². The van der Waals surface area contributed by atoms with E-state index in [1.807, 2.05) is 49.8 Å². The van der Waals surface area contributed by atoms with Gasteiger partial charge < -0.3 is 14.7 Å². The number of ether oxygens (including phenoxy) is 1. The lowest BCUT2D eigenvalue weighted by Crippen LogP contribution is -2.42. The molecule has 2 atom stereocenters. The number of aromatic nitrogens is 2. The standard InChI is InChI=1S/C25H25F2N3O3/c1-29-14-19(12-28-29)17-7-5-16(6-8-17)13-30-15-18-3-2-4-22(23(18)24(30)32)33-21-9-10-25(26,27)11-20(21)31/h2-8,12,14,20-21,31H,9-11,13,15H2,1H3/t20-,21-/m0/s1. The van der Waals surface area contributed by atoms with Gasteiger partial charge >= 0.3 is 0 Å². The van der Waals surface area contributed by atoms with Gasteiger partial charge in [-0.25, -0.2) is 8.78 Å². The highest BCUT2D eigenvalue weighted by atomic mass is 19.3. The Balaban J connectivity index is 1.29. The van der Waals surface area contributed by atoms with E-state index in [4.69, 9.17) is 4.74 Å². The number of nitrogens with zero attached hydrogens (tertiary/aromatic N) is 3. The van der Waals surface area contributed by atoms with Crippen LogP contribution in [0.4, 0.5) is 8.78 Å². The summed E-state index contributed by atoms with van der Waals surface area (Å²) in [6.07, 6.45) is 0.816. The molecule has 1 saturated carbocycles. The van der Waals surface area contributed by atoms with Gasteiger partial charge in [-0.1, -0.05) is 36.4 Å². The minimum Gasteiger partial charge on any atom is -0.487 e. The molecule has 2 heterocycles. The summed E-state index contributed by atoms with van der Waals surface area (Å²) in [5, 5.41) is 14.3. The van der Waals surface area contributed by atoms with Crippen molar-refractivity contribution < 1.29 is 23.4 Å². The van der Waals surface area contributed by atoms with E-state index in [0.717, 1.165) is 22.3 Å². The fraction of sp³-hybridized carbons (Fsp3) is 0.360. The van der Waals surface area contributed by atoms with Gasteiger partial charge in [0.1, 0.15) is 11.9 Å². The third kappa shape index (κ3) is 4.35. The zero-order chi connectivity index (χ0) is 23.2. The van der Waals surface area contributed by atoms with Gasteiger partial charge in [-0.2, -0.15) is 5.10 Å². The lowest BCUT2D eigenvalue weighted by molar-refractivity contribution is -0.114. The maximum absolute atomic E-state index is 13.5. The maximum atomic E-state index is 13.5. The second-order valence-corrected chi connectivity index (χ2v) is 8.87. The molecule has 0 bridgehead atoms. The summed E-state index contributed by atoms with van der Waals surface area (Å²) in [7, 11) is 1.87. The van der Waals surface area contributed by atoms with Gasteiger partial charge in [-0.15, -0.1) is 0 Å². The van der Waals surface area contributed by atoms with Crippen LogP contribution in [0.15, 0.2) is 54.9 Å². The Bertz CT molecular complexity index is 1180. The minimum atomic E-state index is -2.88. The molecule has 1 N–H and O–H groups in total. The van der Waals surface area contributed by atoms with Crippen molar-refractivity contribution in [3.05, 3.63) is 71.5 Å². The second kappa shape index (κ2) is 8.26. The number of carbonyl (C=O) groups is 1. The van der Waals surface area contributed by atoms with Crippen LogP contribution < -0.4 is 4.74 Å². The summed E-state index contributed by atoms with van der Waals surface area (Å²) in [5.41, 5.74) is 4.36. The molecule has 0 spiro atoms. The monoisotopic (exact) mass is 453 g/mol.